The van der Waals surface area contributed by atoms with Gasteiger partial charge in [0.25, 0.3) is 0 Å². The Balaban J connectivity index is 0.00000161. The predicted molar refractivity (Wildman–Crippen MR) is 81.7 cm³/mol. The molecule has 0 atom stereocenters. The molecule has 1 aliphatic carbocycles. The van der Waals surface area contributed by atoms with Crippen LogP contribution >= 0.6 is 12.4 Å². The zero-order valence-electron chi connectivity index (χ0n) is 12.0. The predicted octanol–water partition coefficient (Wildman–Crippen LogP) is 2.62. The van der Waals surface area contributed by atoms with E-state index >= 15 is 0 Å². The topological polar surface area (TPSA) is 74.2 Å². The molecule has 1 saturated carbocycles. The van der Waals surface area contributed by atoms with Gasteiger partial charge in [-0.2, -0.15) is 4.98 Å². The zero-order chi connectivity index (χ0) is 14.0. The van der Waals surface area contributed by atoms with Crippen LogP contribution in [0.5, 0.6) is 5.75 Å². The molecule has 2 aromatic rings. The smallest absolute Gasteiger partial charge is 0.227 e. The summed E-state index contributed by atoms with van der Waals surface area (Å²) in [5, 5.41) is 4.02. The second-order valence-corrected chi connectivity index (χ2v) is 5.37. The Hall–Kier alpha value is -1.59. The minimum Gasteiger partial charge on any atom is -0.497 e. The van der Waals surface area contributed by atoms with E-state index in [0.29, 0.717) is 11.7 Å². The fraction of sp³-hybridized carbons (Fsp3) is 0.467. The average Bonchev–Trinajstić information content (AvgIpc) is 2.92. The van der Waals surface area contributed by atoms with Crippen molar-refractivity contribution in [1.29, 1.82) is 0 Å². The number of nitrogens with zero attached hydrogens (tertiary/aromatic N) is 2. The third-order valence-corrected chi connectivity index (χ3v) is 3.95. The van der Waals surface area contributed by atoms with E-state index in [9.17, 15) is 0 Å². The Bertz CT molecular complexity index is 579. The number of rotatable bonds is 5. The summed E-state index contributed by atoms with van der Waals surface area (Å²) in [5.41, 5.74) is 7.05. The van der Waals surface area contributed by atoms with Gasteiger partial charge in [-0.25, -0.2) is 0 Å². The molecule has 5 nitrogen and oxygen atoms in total. The van der Waals surface area contributed by atoms with Crippen molar-refractivity contribution in [2.24, 2.45) is 5.73 Å². The molecular formula is C15H20ClN3O2. The molecule has 1 fully saturated rings. The van der Waals surface area contributed by atoms with Crippen molar-refractivity contribution in [2.45, 2.75) is 37.6 Å². The van der Waals surface area contributed by atoms with E-state index in [4.69, 9.17) is 15.0 Å². The van der Waals surface area contributed by atoms with E-state index in [-0.39, 0.29) is 17.9 Å². The van der Waals surface area contributed by atoms with Crippen LogP contribution in [0, 0.1) is 0 Å². The maximum atomic E-state index is 6.18. The maximum Gasteiger partial charge on any atom is 0.227 e. The number of nitrogens with two attached hydrogens (primary N) is 1. The summed E-state index contributed by atoms with van der Waals surface area (Å²) in [6.07, 6.45) is 4.64. The van der Waals surface area contributed by atoms with Gasteiger partial charge in [-0.05, 0) is 43.4 Å². The lowest BCUT2D eigenvalue weighted by Crippen LogP contribution is -2.44. The first kappa shape index (κ1) is 15.8. The van der Waals surface area contributed by atoms with Crippen LogP contribution in [0.2, 0.25) is 0 Å². The summed E-state index contributed by atoms with van der Waals surface area (Å²) < 4.78 is 10.4. The summed E-state index contributed by atoms with van der Waals surface area (Å²) in [7, 11) is 1.66. The van der Waals surface area contributed by atoms with Gasteiger partial charge >= 0.3 is 0 Å². The molecule has 0 saturated heterocycles. The lowest BCUT2D eigenvalue weighted by molar-refractivity contribution is 0.229. The molecule has 0 spiro atoms. The summed E-state index contributed by atoms with van der Waals surface area (Å²) in [4.78, 5) is 4.43. The zero-order valence-corrected chi connectivity index (χ0v) is 12.9. The number of halogens is 1. The van der Waals surface area contributed by atoms with Crippen molar-refractivity contribution in [1.82, 2.24) is 10.1 Å². The van der Waals surface area contributed by atoms with Crippen molar-refractivity contribution in [3.63, 3.8) is 0 Å². The van der Waals surface area contributed by atoms with Crippen LogP contribution in [0.1, 0.15) is 36.5 Å². The van der Waals surface area contributed by atoms with Gasteiger partial charge in [0.1, 0.15) is 5.75 Å². The van der Waals surface area contributed by atoms with Gasteiger partial charge in [-0.3, -0.25) is 0 Å². The van der Waals surface area contributed by atoms with Crippen LogP contribution in [0.15, 0.2) is 28.8 Å². The molecule has 0 amide bonds. The molecule has 21 heavy (non-hydrogen) atoms. The molecule has 2 N–H and O–H groups in total. The number of hydrogen-bond donors (Lipinski definition) is 1. The normalized spacial score (nSPS) is 15.9. The number of aromatic nitrogens is 2. The van der Waals surface area contributed by atoms with E-state index in [1.54, 1.807) is 7.11 Å². The second kappa shape index (κ2) is 6.45. The molecule has 0 aliphatic heterocycles. The van der Waals surface area contributed by atoms with Crippen LogP contribution in [-0.2, 0) is 18.4 Å². The average molecular weight is 310 g/mol. The summed E-state index contributed by atoms with van der Waals surface area (Å²) >= 11 is 0. The van der Waals surface area contributed by atoms with Crippen LogP contribution in [0.4, 0.5) is 0 Å². The third kappa shape index (κ3) is 3.36. The minimum absolute atomic E-state index is 0. The van der Waals surface area contributed by atoms with Crippen molar-refractivity contribution < 1.29 is 9.26 Å². The first-order valence-corrected chi connectivity index (χ1v) is 6.94. The first-order chi connectivity index (χ1) is 9.69. The molecule has 6 heteroatoms. The van der Waals surface area contributed by atoms with Crippen molar-refractivity contribution in [3.05, 3.63) is 41.5 Å². The largest absolute Gasteiger partial charge is 0.497 e. The number of benzene rings is 1. The quantitative estimate of drug-likeness (QED) is 0.919. The molecular weight excluding hydrogens is 290 g/mol. The Morgan fingerprint density at radius 3 is 2.52 bits per heavy atom. The number of hydrogen-bond acceptors (Lipinski definition) is 5. The van der Waals surface area contributed by atoms with Crippen molar-refractivity contribution in [3.8, 4) is 5.75 Å². The molecule has 0 unspecified atom stereocenters. The van der Waals surface area contributed by atoms with E-state index in [2.05, 4.69) is 10.1 Å². The van der Waals surface area contributed by atoms with Crippen LogP contribution in [0.25, 0.3) is 0 Å². The third-order valence-electron chi connectivity index (χ3n) is 3.95. The van der Waals surface area contributed by atoms with Gasteiger partial charge in [0, 0.05) is 6.42 Å². The molecule has 1 aliphatic rings. The summed E-state index contributed by atoms with van der Waals surface area (Å²) in [6, 6.07) is 8.01. The Morgan fingerprint density at radius 2 is 1.95 bits per heavy atom. The summed E-state index contributed by atoms with van der Waals surface area (Å²) in [5.74, 6) is 2.19. The second-order valence-electron chi connectivity index (χ2n) is 5.37. The highest BCUT2D eigenvalue weighted by Gasteiger charge is 2.38. The van der Waals surface area contributed by atoms with E-state index in [1.165, 1.54) is 5.56 Å². The van der Waals surface area contributed by atoms with Gasteiger partial charge in [0.2, 0.25) is 5.89 Å². The highest BCUT2D eigenvalue weighted by Crippen LogP contribution is 2.36. The van der Waals surface area contributed by atoms with Crippen LogP contribution in [0.3, 0.4) is 0 Å². The van der Waals surface area contributed by atoms with E-state index in [0.717, 1.165) is 37.9 Å². The fourth-order valence-corrected chi connectivity index (χ4v) is 2.38. The molecule has 114 valence electrons. The van der Waals surface area contributed by atoms with Gasteiger partial charge in [-0.1, -0.05) is 17.3 Å². The Labute approximate surface area is 130 Å². The molecule has 0 bridgehead atoms. The lowest BCUT2D eigenvalue weighted by Gasteiger charge is -2.34. The monoisotopic (exact) mass is 309 g/mol. The molecule has 1 aromatic heterocycles. The molecule has 1 aromatic carbocycles. The number of ether oxygens (including phenoxy) is 1. The van der Waals surface area contributed by atoms with Crippen LogP contribution < -0.4 is 10.5 Å². The highest BCUT2D eigenvalue weighted by molar-refractivity contribution is 5.85. The maximum absolute atomic E-state index is 6.18. The van der Waals surface area contributed by atoms with Crippen molar-refractivity contribution >= 4 is 12.4 Å². The van der Waals surface area contributed by atoms with Crippen molar-refractivity contribution in [2.75, 3.05) is 7.11 Å². The number of methoxy groups -OCH3 is 1. The molecule has 0 radical (unpaired) electrons. The van der Waals surface area contributed by atoms with E-state index < -0.39 is 0 Å². The number of aryl methyl sites for hydroxylation is 2. The lowest BCUT2D eigenvalue weighted by atomic mass is 9.77. The van der Waals surface area contributed by atoms with Gasteiger partial charge in [0.15, 0.2) is 5.82 Å². The highest BCUT2D eigenvalue weighted by atomic mass is 35.5. The van der Waals surface area contributed by atoms with Crippen LogP contribution in [-0.4, -0.2) is 17.3 Å². The minimum atomic E-state index is -0.345. The van der Waals surface area contributed by atoms with Gasteiger partial charge < -0.3 is 15.0 Å². The fourth-order valence-electron chi connectivity index (χ4n) is 2.38. The summed E-state index contributed by atoms with van der Waals surface area (Å²) in [6.45, 7) is 0. The SMILES string of the molecule is COc1ccc(CCc2nc(C3(N)CCC3)no2)cc1.Cl. The standard InChI is InChI=1S/C15H19N3O2.ClH/c1-19-12-6-3-11(4-7-12)5-8-13-17-14(18-20-13)15(16)9-2-10-15;/h3-4,6-7H,2,5,8-10,16H2,1H3;1H. The van der Waals surface area contributed by atoms with Gasteiger partial charge in [0.05, 0.1) is 12.6 Å². The Kier molecular flexibility index (Phi) is 4.85. The van der Waals surface area contributed by atoms with E-state index in [1.807, 2.05) is 24.3 Å². The first-order valence-electron chi connectivity index (χ1n) is 6.94. The molecule has 1 heterocycles. The Morgan fingerprint density at radius 1 is 1.24 bits per heavy atom. The molecule has 3 rings (SSSR count). The van der Waals surface area contributed by atoms with Gasteiger partial charge in [-0.15, -0.1) is 12.4 Å².